The van der Waals surface area contributed by atoms with E-state index in [-0.39, 0.29) is 24.6 Å². The third kappa shape index (κ3) is 8.26. The van der Waals surface area contributed by atoms with Crippen molar-refractivity contribution in [2.75, 3.05) is 18.8 Å². The summed E-state index contributed by atoms with van der Waals surface area (Å²) < 4.78 is 21.8. The van der Waals surface area contributed by atoms with Crippen molar-refractivity contribution in [3.63, 3.8) is 0 Å². The maximum Gasteiger partial charge on any atom is 0.224 e. The van der Waals surface area contributed by atoms with Crippen molar-refractivity contribution in [2.24, 2.45) is 5.14 Å². The van der Waals surface area contributed by atoms with E-state index in [0.29, 0.717) is 12.0 Å². The molecular formula is C23H30ClN3O3S. The molecule has 1 aliphatic rings. The highest BCUT2D eigenvalue weighted by molar-refractivity contribution is 7.89. The quantitative estimate of drug-likeness (QED) is 0.504. The first-order valence-electron chi connectivity index (χ1n) is 10.6. The Hall–Kier alpha value is -1.93. The largest absolute Gasteiger partial charge is 0.355 e. The first-order valence-corrected chi connectivity index (χ1v) is 12.7. The Morgan fingerprint density at radius 1 is 1.06 bits per heavy atom. The summed E-state index contributed by atoms with van der Waals surface area (Å²) in [5, 5.41) is 12.0. The second-order valence-corrected chi connectivity index (χ2v) is 10.3. The Labute approximate surface area is 189 Å². The number of halogens is 1. The number of carbonyl (C=O) groups is 1. The SMILES string of the molecule is NS(=O)(=O)CCNC(=O)Cc1ccc([C@@H]2CC[C@H](NCCc3cccc(Cl)c3)C2)cc1. The first kappa shape index (κ1) is 23.7. The van der Waals surface area contributed by atoms with E-state index in [1.165, 1.54) is 11.1 Å². The molecule has 0 spiro atoms. The highest BCUT2D eigenvalue weighted by atomic mass is 35.5. The monoisotopic (exact) mass is 463 g/mol. The summed E-state index contributed by atoms with van der Waals surface area (Å²) in [6.45, 7) is 0.973. The number of nitrogens with one attached hydrogen (secondary N) is 2. The summed E-state index contributed by atoms with van der Waals surface area (Å²) in [5.41, 5.74) is 3.46. The molecule has 2 aromatic carbocycles. The highest BCUT2D eigenvalue weighted by Gasteiger charge is 2.25. The van der Waals surface area contributed by atoms with Gasteiger partial charge < -0.3 is 10.6 Å². The summed E-state index contributed by atoms with van der Waals surface area (Å²) in [7, 11) is -3.56. The van der Waals surface area contributed by atoms with Crippen LogP contribution in [0.4, 0.5) is 0 Å². The van der Waals surface area contributed by atoms with Crippen LogP contribution in [0.2, 0.25) is 5.02 Å². The Bertz CT molecular complexity index is 980. The number of sulfonamides is 1. The first-order chi connectivity index (χ1) is 14.8. The maximum absolute atomic E-state index is 11.9. The molecule has 2 aromatic rings. The molecule has 1 saturated carbocycles. The summed E-state index contributed by atoms with van der Waals surface area (Å²) in [4.78, 5) is 11.9. The predicted molar refractivity (Wildman–Crippen MR) is 125 cm³/mol. The lowest BCUT2D eigenvalue weighted by Gasteiger charge is -2.14. The van der Waals surface area contributed by atoms with Gasteiger partial charge in [0.1, 0.15) is 0 Å². The van der Waals surface area contributed by atoms with Crippen LogP contribution >= 0.6 is 11.6 Å². The number of rotatable bonds is 10. The lowest BCUT2D eigenvalue weighted by atomic mass is 9.96. The van der Waals surface area contributed by atoms with Crippen LogP contribution in [0.25, 0.3) is 0 Å². The van der Waals surface area contributed by atoms with Crippen LogP contribution in [-0.4, -0.2) is 39.2 Å². The second-order valence-electron chi connectivity index (χ2n) is 8.18. The predicted octanol–water partition coefficient (Wildman–Crippen LogP) is 2.76. The number of hydrogen-bond donors (Lipinski definition) is 3. The zero-order chi connectivity index (χ0) is 22.3. The summed E-state index contributed by atoms with van der Waals surface area (Å²) in [5.74, 6) is 0.0655. The van der Waals surface area contributed by atoms with Crippen LogP contribution < -0.4 is 15.8 Å². The zero-order valence-electron chi connectivity index (χ0n) is 17.5. The van der Waals surface area contributed by atoms with Crippen molar-refractivity contribution in [2.45, 2.75) is 44.1 Å². The average molecular weight is 464 g/mol. The average Bonchev–Trinajstić information content (AvgIpc) is 3.16. The van der Waals surface area contributed by atoms with Gasteiger partial charge in [0, 0.05) is 17.6 Å². The van der Waals surface area contributed by atoms with E-state index in [1.807, 2.05) is 30.3 Å². The van der Waals surface area contributed by atoms with Gasteiger partial charge in [-0.1, -0.05) is 48.0 Å². The zero-order valence-corrected chi connectivity index (χ0v) is 19.1. The maximum atomic E-state index is 11.9. The molecule has 1 amide bonds. The van der Waals surface area contributed by atoms with Crippen LogP contribution in [0.1, 0.15) is 41.9 Å². The van der Waals surface area contributed by atoms with Crippen LogP contribution in [0.3, 0.4) is 0 Å². The Balaban J connectivity index is 1.40. The topological polar surface area (TPSA) is 101 Å². The molecule has 0 radical (unpaired) electrons. The van der Waals surface area contributed by atoms with Crippen molar-refractivity contribution in [1.82, 2.24) is 10.6 Å². The molecule has 2 atom stereocenters. The molecule has 4 N–H and O–H groups in total. The van der Waals surface area contributed by atoms with Gasteiger partial charge in [-0.25, -0.2) is 13.6 Å². The highest BCUT2D eigenvalue weighted by Crippen LogP contribution is 2.34. The molecular weight excluding hydrogens is 434 g/mol. The molecule has 0 unspecified atom stereocenters. The number of hydrogen-bond acceptors (Lipinski definition) is 4. The van der Waals surface area contributed by atoms with Gasteiger partial charge in [0.25, 0.3) is 0 Å². The van der Waals surface area contributed by atoms with Gasteiger partial charge in [0.15, 0.2) is 0 Å². The van der Waals surface area contributed by atoms with Gasteiger partial charge in [0.05, 0.1) is 12.2 Å². The van der Waals surface area contributed by atoms with E-state index in [4.69, 9.17) is 16.7 Å². The van der Waals surface area contributed by atoms with Gasteiger partial charge in [-0.3, -0.25) is 4.79 Å². The molecule has 8 heteroatoms. The van der Waals surface area contributed by atoms with Gasteiger partial charge >= 0.3 is 0 Å². The summed E-state index contributed by atoms with van der Waals surface area (Å²) in [6.07, 6.45) is 4.62. The van der Waals surface area contributed by atoms with Crippen LogP contribution in [0, 0.1) is 0 Å². The third-order valence-corrected chi connectivity index (χ3v) is 6.70. The van der Waals surface area contributed by atoms with Crippen molar-refractivity contribution < 1.29 is 13.2 Å². The lowest BCUT2D eigenvalue weighted by Crippen LogP contribution is -2.32. The number of nitrogens with two attached hydrogens (primary N) is 1. The molecule has 168 valence electrons. The minimum absolute atomic E-state index is 0.0313. The van der Waals surface area contributed by atoms with Crippen molar-refractivity contribution in [3.8, 4) is 0 Å². The van der Waals surface area contributed by atoms with E-state index < -0.39 is 10.0 Å². The molecule has 0 aromatic heterocycles. The van der Waals surface area contributed by atoms with Gasteiger partial charge in [-0.05, 0) is 67.0 Å². The molecule has 31 heavy (non-hydrogen) atoms. The molecule has 0 aliphatic heterocycles. The number of primary sulfonamides is 1. The molecule has 0 saturated heterocycles. The van der Waals surface area contributed by atoms with Crippen LogP contribution in [0.15, 0.2) is 48.5 Å². The van der Waals surface area contributed by atoms with Gasteiger partial charge in [-0.2, -0.15) is 0 Å². The molecule has 3 rings (SSSR count). The fourth-order valence-corrected chi connectivity index (χ4v) is 4.67. The van der Waals surface area contributed by atoms with Crippen LogP contribution in [0.5, 0.6) is 0 Å². The molecule has 6 nitrogen and oxygen atoms in total. The van der Waals surface area contributed by atoms with Gasteiger partial charge in [0.2, 0.25) is 15.9 Å². The fourth-order valence-electron chi connectivity index (χ4n) is 4.07. The summed E-state index contributed by atoms with van der Waals surface area (Å²) >= 11 is 6.05. The standard InChI is InChI=1S/C23H30ClN3O3S/c24-21-3-1-2-17(14-21)10-11-26-22-9-8-20(16-22)19-6-4-18(5-7-19)15-23(28)27-12-13-31(25,29)30/h1-7,14,20,22,26H,8-13,15-16H2,(H,27,28)(H2,25,29,30)/t20-,22+/m1/s1. The Morgan fingerprint density at radius 2 is 1.84 bits per heavy atom. The van der Waals surface area contributed by atoms with Crippen molar-refractivity contribution in [3.05, 3.63) is 70.2 Å². The summed E-state index contributed by atoms with van der Waals surface area (Å²) in [6, 6.07) is 16.7. The van der Waals surface area contributed by atoms with Crippen molar-refractivity contribution >= 4 is 27.5 Å². The Kier molecular flexibility index (Phi) is 8.49. The lowest BCUT2D eigenvalue weighted by molar-refractivity contribution is -0.120. The number of benzene rings is 2. The molecule has 1 aliphatic carbocycles. The van der Waals surface area contributed by atoms with E-state index in [1.54, 1.807) is 0 Å². The van der Waals surface area contributed by atoms with E-state index in [9.17, 15) is 13.2 Å². The second kappa shape index (κ2) is 11.1. The number of amides is 1. The van der Waals surface area contributed by atoms with E-state index in [2.05, 4.69) is 28.8 Å². The van der Waals surface area contributed by atoms with Crippen LogP contribution in [-0.2, 0) is 27.7 Å². The molecule has 0 bridgehead atoms. The number of carbonyl (C=O) groups excluding carboxylic acids is 1. The normalized spacial score (nSPS) is 18.8. The third-order valence-electron chi connectivity index (χ3n) is 5.69. The molecule has 0 heterocycles. The Morgan fingerprint density at radius 3 is 2.55 bits per heavy atom. The van der Waals surface area contributed by atoms with Crippen molar-refractivity contribution in [1.29, 1.82) is 0 Å². The fraction of sp³-hybridized carbons (Fsp3) is 0.435. The van der Waals surface area contributed by atoms with E-state index >= 15 is 0 Å². The smallest absolute Gasteiger partial charge is 0.224 e. The van der Waals surface area contributed by atoms with E-state index in [0.717, 1.165) is 42.8 Å². The molecule has 1 fully saturated rings. The van der Waals surface area contributed by atoms with Gasteiger partial charge in [-0.15, -0.1) is 0 Å². The minimum Gasteiger partial charge on any atom is -0.355 e. The minimum atomic E-state index is -3.56.